The minimum absolute atomic E-state index is 0.0550. The topological polar surface area (TPSA) is 12.0 Å². The van der Waals surface area contributed by atoms with Crippen LogP contribution >= 0.6 is 11.8 Å². The zero-order chi connectivity index (χ0) is 14.5. The Morgan fingerprint density at radius 3 is 2.21 bits per heavy atom. The highest BCUT2D eigenvalue weighted by Gasteiger charge is 2.30. The minimum atomic E-state index is -4.26. The summed E-state index contributed by atoms with van der Waals surface area (Å²) in [7, 11) is 0. The van der Waals surface area contributed by atoms with Crippen molar-refractivity contribution < 1.29 is 13.2 Å². The lowest BCUT2D eigenvalue weighted by molar-refractivity contribution is -0.137. The molecule has 1 aromatic rings. The number of hydrogen-bond donors (Lipinski definition) is 1. The van der Waals surface area contributed by atoms with Crippen molar-refractivity contribution in [1.82, 2.24) is 5.32 Å². The highest BCUT2D eigenvalue weighted by molar-refractivity contribution is 7.98. The third-order valence-electron chi connectivity index (χ3n) is 3.08. The molecule has 0 bridgehead atoms. The van der Waals surface area contributed by atoms with E-state index in [0.29, 0.717) is 6.04 Å². The van der Waals surface area contributed by atoms with Gasteiger partial charge in [0.05, 0.1) is 5.56 Å². The molecule has 19 heavy (non-hydrogen) atoms. The summed E-state index contributed by atoms with van der Waals surface area (Å²) in [4.78, 5) is 0. The molecular formula is C14H20F3NS. The van der Waals surface area contributed by atoms with E-state index >= 15 is 0 Å². The maximum atomic E-state index is 12.5. The van der Waals surface area contributed by atoms with Crippen LogP contribution in [0.5, 0.6) is 0 Å². The van der Waals surface area contributed by atoms with Crippen molar-refractivity contribution in [3.05, 3.63) is 35.4 Å². The Hall–Kier alpha value is -0.680. The van der Waals surface area contributed by atoms with Gasteiger partial charge in [-0.1, -0.05) is 19.1 Å². The molecule has 0 saturated carbocycles. The first-order chi connectivity index (χ1) is 8.88. The SMILES string of the molecule is CCC(CSC)NC(C)c1ccc(C(F)(F)F)cc1. The number of thioether (sulfide) groups is 1. The minimum Gasteiger partial charge on any atom is -0.307 e. The second-order valence-corrected chi connectivity index (χ2v) is 5.48. The van der Waals surface area contributed by atoms with Crippen molar-refractivity contribution in [2.45, 2.75) is 38.5 Å². The predicted molar refractivity (Wildman–Crippen MR) is 75.5 cm³/mol. The highest BCUT2D eigenvalue weighted by Crippen LogP contribution is 2.30. The first-order valence-corrected chi connectivity index (χ1v) is 7.70. The van der Waals surface area contributed by atoms with Gasteiger partial charge in [0.2, 0.25) is 0 Å². The predicted octanol–water partition coefficient (Wildman–Crippen LogP) is 4.50. The van der Waals surface area contributed by atoms with Crippen LogP contribution < -0.4 is 5.32 Å². The number of hydrogen-bond acceptors (Lipinski definition) is 2. The van der Waals surface area contributed by atoms with Gasteiger partial charge in [0.1, 0.15) is 0 Å². The molecule has 1 N–H and O–H groups in total. The molecule has 1 nitrogen and oxygen atoms in total. The third-order valence-corrected chi connectivity index (χ3v) is 3.82. The van der Waals surface area contributed by atoms with Gasteiger partial charge in [-0.25, -0.2) is 0 Å². The van der Waals surface area contributed by atoms with Crippen LogP contribution in [-0.4, -0.2) is 18.1 Å². The Morgan fingerprint density at radius 2 is 1.79 bits per heavy atom. The lowest BCUT2D eigenvalue weighted by Crippen LogP contribution is -2.33. The zero-order valence-corrected chi connectivity index (χ0v) is 12.2. The van der Waals surface area contributed by atoms with Crippen molar-refractivity contribution in [3.8, 4) is 0 Å². The molecule has 0 saturated heterocycles. The largest absolute Gasteiger partial charge is 0.416 e. The Balaban J connectivity index is 2.69. The molecule has 0 fully saturated rings. The Bertz CT molecular complexity index is 375. The van der Waals surface area contributed by atoms with Gasteiger partial charge >= 0.3 is 6.18 Å². The van der Waals surface area contributed by atoms with Crippen molar-refractivity contribution >= 4 is 11.8 Å². The number of rotatable bonds is 6. The second-order valence-electron chi connectivity index (χ2n) is 4.57. The van der Waals surface area contributed by atoms with Crippen LogP contribution in [0.4, 0.5) is 13.2 Å². The molecule has 0 aliphatic heterocycles. The molecule has 108 valence electrons. The quantitative estimate of drug-likeness (QED) is 0.828. The van der Waals surface area contributed by atoms with Crippen molar-refractivity contribution in [2.24, 2.45) is 0 Å². The summed E-state index contributed by atoms with van der Waals surface area (Å²) in [5, 5.41) is 3.44. The molecule has 0 amide bonds. The average Bonchev–Trinajstić information content (AvgIpc) is 2.37. The van der Waals surface area contributed by atoms with Crippen LogP contribution in [0.25, 0.3) is 0 Å². The fourth-order valence-electron chi connectivity index (χ4n) is 1.90. The number of nitrogens with one attached hydrogen (secondary N) is 1. The number of alkyl halides is 3. The van der Waals surface area contributed by atoms with Crippen LogP contribution in [0.3, 0.4) is 0 Å². The normalized spacial score (nSPS) is 15.3. The zero-order valence-electron chi connectivity index (χ0n) is 11.4. The van der Waals surface area contributed by atoms with Crippen molar-refractivity contribution in [2.75, 3.05) is 12.0 Å². The van der Waals surface area contributed by atoms with Crippen LogP contribution in [0.1, 0.15) is 37.4 Å². The summed E-state index contributed by atoms with van der Waals surface area (Å²) in [5.41, 5.74) is 0.284. The summed E-state index contributed by atoms with van der Waals surface area (Å²) in [5.74, 6) is 1.00. The van der Waals surface area contributed by atoms with Crippen molar-refractivity contribution in [1.29, 1.82) is 0 Å². The molecule has 2 atom stereocenters. The molecular weight excluding hydrogens is 271 g/mol. The number of benzene rings is 1. The van der Waals surface area contributed by atoms with E-state index < -0.39 is 11.7 Å². The summed E-state index contributed by atoms with van der Waals surface area (Å²) >= 11 is 1.77. The Kier molecular flexibility index (Phi) is 6.20. The fraction of sp³-hybridized carbons (Fsp3) is 0.571. The summed E-state index contributed by atoms with van der Waals surface area (Å²) in [6.45, 7) is 4.08. The van der Waals surface area contributed by atoms with E-state index in [2.05, 4.69) is 12.2 Å². The average molecular weight is 291 g/mol. The molecule has 2 unspecified atom stereocenters. The van der Waals surface area contributed by atoms with Crippen LogP contribution in [0, 0.1) is 0 Å². The van der Waals surface area contributed by atoms with Gasteiger partial charge in [-0.05, 0) is 37.3 Å². The van der Waals surface area contributed by atoms with Crippen LogP contribution in [0.2, 0.25) is 0 Å². The standard InChI is InChI=1S/C14H20F3NS/c1-4-13(9-19-3)18-10(2)11-5-7-12(8-6-11)14(15,16)17/h5-8,10,13,18H,4,9H2,1-3H3. The smallest absolute Gasteiger partial charge is 0.307 e. The maximum absolute atomic E-state index is 12.5. The van der Waals surface area contributed by atoms with E-state index in [9.17, 15) is 13.2 Å². The Labute approximate surface area is 117 Å². The first-order valence-electron chi connectivity index (χ1n) is 6.30. The van der Waals surface area contributed by atoms with Gasteiger partial charge in [0, 0.05) is 17.8 Å². The molecule has 5 heteroatoms. The van der Waals surface area contributed by atoms with Crippen LogP contribution in [-0.2, 0) is 6.18 Å². The van der Waals surface area contributed by atoms with Gasteiger partial charge in [0.15, 0.2) is 0 Å². The van der Waals surface area contributed by atoms with Gasteiger partial charge in [-0.2, -0.15) is 24.9 Å². The third kappa shape index (κ3) is 5.07. The molecule has 1 rings (SSSR count). The second kappa shape index (κ2) is 7.20. The van der Waals surface area contributed by atoms with E-state index in [1.165, 1.54) is 0 Å². The molecule has 0 spiro atoms. The van der Waals surface area contributed by atoms with Crippen molar-refractivity contribution in [3.63, 3.8) is 0 Å². The molecule has 0 aliphatic carbocycles. The lowest BCUT2D eigenvalue weighted by Gasteiger charge is -2.22. The van der Waals surface area contributed by atoms with E-state index in [1.807, 2.05) is 13.2 Å². The van der Waals surface area contributed by atoms with Crippen LogP contribution in [0.15, 0.2) is 24.3 Å². The van der Waals surface area contributed by atoms with Gasteiger partial charge in [-0.15, -0.1) is 0 Å². The molecule has 0 aliphatic rings. The molecule has 0 aromatic heterocycles. The highest BCUT2D eigenvalue weighted by atomic mass is 32.2. The van der Waals surface area contributed by atoms with E-state index in [0.717, 1.165) is 29.9 Å². The van der Waals surface area contributed by atoms with E-state index in [1.54, 1.807) is 23.9 Å². The van der Waals surface area contributed by atoms with E-state index in [4.69, 9.17) is 0 Å². The van der Waals surface area contributed by atoms with Gasteiger partial charge in [0.25, 0.3) is 0 Å². The molecule has 0 heterocycles. The summed E-state index contributed by atoms with van der Waals surface area (Å²) in [6, 6.07) is 5.82. The maximum Gasteiger partial charge on any atom is 0.416 e. The summed E-state index contributed by atoms with van der Waals surface area (Å²) < 4.78 is 37.4. The number of halogens is 3. The van der Waals surface area contributed by atoms with Gasteiger partial charge in [-0.3, -0.25) is 0 Å². The summed E-state index contributed by atoms with van der Waals surface area (Å²) in [6.07, 6.45) is -1.21. The molecule has 0 radical (unpaired) electrons. The monoisotopic (exact) mass is 291 g/mol. The Morgan fingerprint density at radius 1 is 1.21 bits per heavy atom. The first kappa shape index (κ1) is 16.4. The van der Waals surface area contributed by atoms with Gasteiger partial charge < -0.3 is 5.32 Å². The molecule has 1 aromatic carbocycles. The van der Waals surface area contributed by atoms with E-state index in [-0.39, 0.29) is 6.04 Å². The fourth-order valence-corrected chi connectivity index (χ4v) is 2.63. The lowest BCUT2D eigenvalue weighted by atomic mass is 10.0.